The topological polar surface area (TPSA) is 39.1 Å². The molecule has 0 fully saturated rings. The van der Waals surface area contributed by atoms with Crippen molar-refractivity contribution in [2.75, 3.05) is 0 Å². The Bertz CT molecular complexity index is 1370. The molecule has 0 bridgehead atoms. The van der Waals surface area contributed by atoms with E-state index in [9.17, 15) is 8.42 Å². The Labute approximate surface area is 171 Å². The predicted molar refractivity (Wildman–Crippen MR) is 117 cm³/mol. The SMILES string of the molecule is O=S(=O)(c1ccccc1)n1cc(Sc2cc3ccccc3s2)c2ccccc21. The van der Waals surface area contributed by atoms with Crippen LogP contribution in [0.15, 0.2) is 105 Å². The molecule has 3 aromatic carbocycles. The first-order valence-corrected chi connectivity index (χ1v) is 11.8. The van der Waals surface area contributed by atoms with Crippen molar-refractivity contribution in [1.29, 1.82) is 0 Å². The van der Waals surface area contributed by atoms with Crippen molar-refractivity contribution < 1.29 is 8.42 Å². The summed E-state index contributed by atoms with van der Waals surface area (Å²) in [7, 11) is -3.65. The molecule has 138 valence electrons. The fourth-order valence-electron chi connectivity index (χ4n) is 3.22. The van der Waals surface area contributed by atoms with Gasteiger partial charge in [-0.25, -0.2) is 12.4 Å². The molecule has 2 heterocycles. The number of hydrogen-bond donors (Lipinski definition) is 0. The molecule has 0 aliphatic carbocycles. The Morgan fingerprint density at radius 2 is 1.54 bits per heavy atom. The normalized spacial score (nSPS) is 12.0. The summed E-state index contributed by atoms with van der Waals surface area (Å²) in [6.45, 7) is 0. The van der Waals surface area contributed by atoms with E-state index in [4.69, 9.17) is 0 Å². The molecule has 0 radical (unpaired) electrons. The summed E-state index contributed by atoms with van der Waals surface area (Å²) in [4.78, 5) is 1.22. The van der Waals surface area contributed by atoms with Gasteiger partial charge in [0.05, 0.1) is 14.6 Å². The lowest BCUT2D eigenvalue weighted by Gasteiger charge is -2.07. The maximum absolute atomic E-state index is 13.2. The van der Waals surface area contributed by atoms with Crippen LogP contribution in [0.2, 0.25) is 0 Å². The lowest BCUT2D eigenvalue weighted by atomic mass is 10.2. The summed E-state index contributed by atoms with van der Waals surface area (Å²) >= 11 is 3.33. The third-order valence-corrected chi connectivity index (χ3v) is 8.52. The number of hydrogen-bond acceptors (Lipinski definition) is 4. The average molecular weight is 422 g/mol. The van der Waals surface area contributed by atoms with Crippen LogP contribution in [-0.2, 0) is 10.0 Å². The van der Waals surface area contributed by atoms with Gasteiger partial charge >= 0.3 is 0 Å². The first kappa shape index (κ1) is 17.6. The molecule has 5 rings (SSSR count). The third kappa shape index (κ3) is 2.94. The van der Waals surface area contributed by atoms with Crippen LogP contribution in [0.25, 0.3) is 21.0 Å². The summed E-state index contributed by atoms with van der Waals surface area (Å²) < 4.78 is 30.2. The highest BCUT2D eigenvalue weighted by atomic mass is 32.2. The van der Waals surface area contributed by atoms with E-state index in [2.05, 4.69) is 18.2 Å². The molecule has 0 atom stereocenters. The average Bonchev–Trinajstić information content (AvgIpc) is 3.30. The predicted octanol–water partition coefficient (Wildman–Crippen LogP) is 6.24. The Balaban J connectivity index is 1.65. The van der Waals surface area contributed by atoms with Gasteiger partial charge in [-0.15, -0.1) is 11.3 Å². The lowest BCUT2D eigenvalue weighted by molar-refractivity contribution is 0.589. The second-order valence-corrected chi connectivity index (χ2v) is 10.6. The van der Waals surface area contributed by atoms with Crippen LogP contribution in [0, 0.1) is 0 Å². The molecular weight excluding hydrogens is 406 g/mol. The molecule has 5 aromatic rings. The van der Waals surface area contributed by atoms with Crippen molar-refractivity contribution in [2.24, 2.45) is 0 Å². The van der Waals surface area contributed by atoms with Crippen molar-refractivity contribution in [3.05, 3.63) is 91.1 Å². The molecule has 0 saturated carbocycles. The first-order chi connectivity index (χ1) is 13.6. The lowest BCUT2D eigenvalue weighted by Crippen LogP contribution is -2.11. The van der Waals surface area contributed by atoms with Gasteiger partial charge in [-0.05, 0) is 35.7 Å². The number of rotatable bonds is 4. The monoisotopic (exact) mass is 421 g/mol. The van der Waals surface area contributed by atoms with Gasteiger partial charge in [0, 0.05) is 21.2 Å². The Kier molecular flexibility index (Phi) is 4.27. The van der Waals surface area contributed by atoms with Gasteiger partial charge in [0.1, 0.15) is 0 Å². The van der Waals surface area contributed by atoms with E-state index in [1.807, 2.05) is 42.5 Å². The van der Waals surface area contributed by atoms with Gasteiger partial charge in [0.15, 0.2) is 0 Å². The van der Waals surface area contributed by atoms with Crippen LogP contribution in [0.3, 0.4) is 0 Å². The van der Waals surface area contributed by atoms with Crippen LogP contribution in [-0.4, -0.2) is 12.4 Å². The summed E-state index contributed by atoms with van der Waals surface area (Å²) in [5, 5.41) is 2.14. The van der Waals surface area contributed by atoms with Crippen LogP contribution in [0.5, 0.6) is 0 Å². The van der Waals surface area contributed by atoms with E-state index in [1.54, 1.807) is 53.6 Å². The number of fused-ring (bicyclic) bond motifs is 2. The van der Waals surface area contributed by atoms with E-state index < -0.39 is 10.0 Å². The zero-order valence-electron chi connectivity index (χ0n) is 14.6. The van der Waals surface area contributed by atoms with Gasteiger partial charge in [0.2, 0.25) is 0 Å². The number of thiophene rings is 1. The fourth-order valence-corrected chi connectivity index (χ4v) is 7.02. The summed E-state index contributed by atoms with van der Waals surface area (Å²) in [5.41, 5.74) is 0.690. The van der Waals surface area contributed by atoms with Crippen LogP contribution < -0.4 is 0 Å². The second kappa shape index (κ2) is 6.81. The quantitative estimate of drug-likeness (QED) is 0.345. The summed E-state index contributed by atoms with van der Waals surface area (Å²) in [5.74, 6) is 0. The third-order valence-electron chi connectivity index (χ3n) is 4.55. The zero-order chi connectivity index (χ0) is 19.1. The summed E-state index contributed by atoms with van der Waals surface area (Å²) in [6.07, 6.45) is 1.74. The van der Waals surface area contributed by atoms with Crippen molar-refractivity contribution in [1.82, 2.24) is 3.97 Å². The Hall–Kier alpha value is -2.54. The van der Waals surface area contributed by atoms with E-state index in [0.29, 0.717) is 5.52 Å². The molecule has 0 saturated heterocycles. The minimum absolute atomic E-state index is 0.286. The van der Waals surface area contributed by atoms with Crippen LogP contribution in [0.1, 0.15) is 0 Å². The highest BCUT2D eigenvalue weighted by molar-refractivity contribution is 8.01. The molecular formula is C22H15NO2S3. The standard InChI is InChI=1S/C22H15NO2S3/c24-28(25,17-9-2-1-3-10-17)23-15-21(18-11-5-6-12-19(18)23)27-22-14-16-8-4-7-13-20(16)26-22/h1-15H. The fraction of sp³-hybridized carbons (Fsp3) is 0. The van der Waals surface area contributed by atoms with Gasteiger partial charge in [-0.2, -0.15) is 0 Å². The highest BCUT2D eigenvalue weighted by Crippen LogP contribution is 2.41. The van der Waals surface area contributed by atoms with Gasteiger partial charge in [-0.3, -0.25) is 0 Å². The van der Waals surface area contributed by atoms with E-state index in [1.165, 1.54) is 14.1 Å². The maximum Gasteiger partial charge on any atom is 0.268 e. The van der Waals surface area contributed by atoms with Crippen LogP contribution >= 0.6 is 23.1 Å². The number of para-hydroxylation sites is 1. The van der Waals surface area contributed by atoms with Crippen molar-refractivity contribution in [3.63, 3.8) is 0 Å². The zero-order valence-corrected chi connectivity index (χ0v) is 17.1. The number of nitrogens with zero attached hydrogens (tertiary/aromatic N) is 1. The number of benzene rings is 3. The molecule has 0 N–H and O–H groups in total. The van der Waals surface area contributed by atoms with Crippen molar-refractivity contribution in [3.8, 4) is 0 Å². The van der Waals surface area contributed by atoms with Crippen LogP contribution in [0.4, 0.5) is 0 Å². The molecule has 3 nitrogen and oxygen atoms in total. The molecule has 0 amide bonds. The van der Waals surface area contributed by atoms with E-state index >= 15 is 0 Å². The highest BCUT2D eigenvalue weighted by Gasteiger charge is 2.21. The maximum atomic E-state index is 13.2. The molecule has 0 spiro atoms. The van der Waals surface area contributed by atoms with E-state index in [-0.39, 0.29) is 4.90 Å². The first-order valence-electron chi connectivity index (χ1n) is 8.70. The largest absolute Gasteiger partial charge is 0.268 e. The minimum atomic E-state index is -3.65. The summed E-state index contributed by atoms with van der Waals surface area (Å²) in [6, 6.07) is 26.6. The van der Waals surface area contributed by atoms with Gasteiger partial charge in [-0.1, -0.05) is 66.4 Å². The molecule has 2 aromatic heterocycles. The molecule has 0 aliphatic heterocycles. The Morgan fingerprint density at radius 3 is 2.36 bits per heavy atom. The van der Waals surface area contributed by atoms with Gasteiger partial charge in [0.25, 0.3) is 10.0 Å². The molecule has 0 unspecified atom stereocenters. The molecule has 6 heteroatoms. The minimum Gasteiger partial charge on any atom is -0.240 e. The van der Waals surface area contributed by atoms with Crippen molar-refractivity contribution >= 4 is 54.1 Å². The Morgan fingerprint density at radius 1 is 0.821 bits per heavy atom. The van der Waals surface area contributed by atoms with E-state index in [0.717, 1.165) is 14.5 Å². The van der Waals surface area contributed by atoms with Gasteiger partial charge < -0.3 is 0 Å². The second-order valence-electron chi connectivity index (χ2n) is 6.33. The molecule has 0 aliphatic rings. The molecule has 28 heavy (non-hydrogen) atoms. The number of aromatic nitrogens is 1. The smallest absolute Gasteiger partial charge is 0.240 e. The van der Waals surface area contributed by atoms with Crippen molar-refractivity contribution in [2.45, 2.75) is 14.0 Å².